The van der Waals surface area contributed by atoms with Crippen LogP contribution in [0.25, 0.3) is 0 Å². The van der Waals surface area contributed by atoms with Crippen molar-refractivity contribution in [2.24, 2.45) is 5.92 Å². The molecule has 0 spiro atoms. The molecular weight excluding hydrogens is 234 g/mol. The van der Waals surface area contributed by atoms with E-state index in [-0.39, 0.29) is 0 Å². The number of allylic oxidation sites excluding steroid dienone is 1. The summed E-state index contributed by atoms with van der Waals surface area (Å²) >= 11 is 0. The van der Waals surface area contributed by atoms with Crippen molar-refractivity contribution < 1.29 is 4.74 Å². The average Bonchev–Trinajstić information content (AvgIpc) is 2.47. The number of hydrogen-bond acceptors (Lipinski definition) is 2. The molecule has 3 atom stereocenters. The zero-order valence-electron chi connectivity index (χ0n) is 11.5. The molecule has 1 saturated heterocycles. The second kappa shape index (κ2) is 4.11. The van der Waals surface area contributed by atoms with Gasteiger partial charge in [-0.1, -0.05) is 18.2 Å². The quantitative estimate of drug-likeness (QED) is 0.779. The Morgan fingerprint density at radius 3 is 3.16 bits per heavy atom. The van der Waals surface area contributed by atoms with Crippen LogP contribution in [0.4, 0.5) is 0 Å². The molecule has 1 N–H and O–H groups in total. The number of ether oxygens (including phenoxy) is 1. The van der Waals surface area contributed by atoms with Crippen LogP contribution in [-0.2, 0) is 11.8 Å². The van der Waals surface area contributed by atoms with Gasteiger partial charge in [0.15, 0.2) is 0 Å². The molecular formula is C17H21NO. The summed E-state index contributed by atoms with van der Waals surface area (Å²) in [6.45, 7) is 1.16. The van der Waals surface area contributed by atoms with Gasteiger partial charge in [-0.3, -0.25) is 0 Å². The molecule has 19 heavy (non-hydrogen) atoms. The van der Waals surface area contributed by atoms with Gasteiger partial charge < -0.3 is 10.1 Å². The predicted molar refractivity (Wildman–Crippen MR) is 76.6 cm³/mol. The number of hydrogen-bond donors (Lipinski definition) is 1. The topological polar surface area (TPSA) is 21.3 Å². The first-order valence-electron chi connectivity index (χ1n) is 7.41. The molecule has 0 amide bonds. The second-order valence-electron chi connectivity index (χ2n) is 6.19. The summed E-state index contributed by atoms with van der Waals surface area (Å²) in [5.74, 6) is 1.69. The fourth-order valence-electron chi connectivity index (χ4n) is 4.56. The monoisotopic (exact) mass is 255 g/mol. The highest BCUT2D eigenvalue weighted by molar-refractivity contribution is 5.46. The van der Waals surface area contributed by atoms with Crippen LogP contribution < -0.4 is 10.1 Å². The zero-order chi connectivity index (χ0) is 12.9. The van der Waals surface area contributed by atoms with E-state index >= 15 is 0 Å². The first-order chi connectivity index (χ1) is 9.33. The normalized spacial score (nSPS) is 35.4. The molecule has 1 aliphatic heterocycles. The summed E-state index contributed by atoms with van der Waals surface area (Å²) in [4.78, 5) is 0. The van der Waals surface area contributed by atoms with Crippen LogP contribution in [0.2, 0.25) is 0 Å². The van der Waals surface area contributed by atoms with Gasteiger partial charge in [0.05, 0.1) is 7.11 Å². The lowest BCUT2D eigenvalue weighted by Gasteiger charge is -2.54. The highest BCUT2D eigenvalue weighted by atomic mass is 16.5. The third-order valence-corrected chi connectivity index (χ3v) is 5.44. The van der Waals surface area contributed by atoms with Gasteiger partial charge in [-0.15, -0.1) is 0 Å². The van der Waals surface area contributed by atoms with Crippen LogP contribution in [0.15, 0.2) is 30.4 Å². The Kier molecular flexibility index (Phi) is 2.49. The van der Waals surface area contributed by atoms with Gasteiger partial charge in [-0.25, -0.2) is 0 Å². The Hall–Kier alpha value is -1.28. The molecule has 0 saturated carbocycles. The molecule has 2 aliphatic carbocycles. The lowest BCUT2D eigenvalue weighted by Crippen LogP contribution is -2.58. The third-order valence-electron chi connectivity index (χ3n) is 5.44. The number of fused-ring (bicyclic) bond motifs is 1. The van der Waals surface area contributed by atoms with Crippen LogP contribution in [0.5, 0.6) is 5.75 Å². The molecule has 1 aromatic rings. The lowest BCUT2D eigenvalue weighted by molar-refractivity contribution is 0.146. The molecule has 2 heteroatoms. The maximum Gasteiger partial charge on any atom is 0.119 e. The number of rotatable bonds is 1. The predicted octanol–water partition coefficient (Wildman–Crippen LogP) is 2.82. The highest BCUT2D eigenvalue weighted by Crippen LogP contribution is 2.52. The van der Waals surface area contributed by atoms with E-state index in [4.69, 9.17) is 4.74 Å². The van der Waals surface area contributed by atoms with Crippen molar-refractivity contribution >= 4 is 0 Å². The van der Waals surface area contributed by atoms with Crippen LogP contribution in [0, 0.1) is 5.92 Å². The zero-order valence-corrected chi connectivity index (χ0v) is 11.5. The van der Waals surface area contributed by atoms with Crippen LogP contribution in [0.3, 0.4) is 0 Å². The molecule has 0 unspecified atom stereocenters. The minimum absolute atomic E-state index is 0.368. The molecule has 4 rings (SSSR count). The first-order valence-corrected chi connectivity index (χ1v) is 7.41. The summed E-state index contributed by atoms with van der Waals surface area (Å²) in [6, 6.07) is 7.34. The fourth-order valence-corrected chi connectivity index (χ4v) is 4.56. The minimum atomic E-state index is 0.368. The second-order valence-corrected chi connectivity index (χ2v) is 6.19. The van der Waals surface area contributed by atoms with Gasteiger partial charge in [0.1, 0.15) is 5.75 Å². The molecule has 1 heterocycles. The van der Waals surface area contributed by atoms with Crippen molar-refractivity contribution in [1.29, 1.82) is 0 Å². The maximum atomic E-state index is 5.46. The molecule has 0 radical (unpaired) electrons. The highest BCUT2D eigenvalue weighted by Gasteiger charge is 2.50. The van der Waals surface area contributed by atoms with Gasteiger partial charge in [0, 0.05) is 17.4 Å². The molecule has 1 aromatic carbocycles. The Balaban J connectivity index is 1.91. The first kappa shape index (κ1) is 11.5. The van der Waals surface area contributed by atoms with Crippen LogP contribution >= 0.6 is 0 Å². The van der Waals surface area contributed by atoms with E-state index in [2.05, 4.69) is 35.7 Å². The van der Waals surface area contributed by atoms with Crippen molar-refractivity contribution in [3.8, 4) is 5.75 Å². The average molecular weight is 255 g/mol. The van der Waals surface area contributed by atoms with Gasteiger partial charge in [0.25, 0.3) is 0 Å². The van der Waals surface area contributed by atoms with Gasteiger partial charge >= 0.3 is 0 Å². The van der Waals surface area contributed by atoms with Gasteiger partial charge in [-0.05, 0) is 55.5 Å². The molecule has 3 aliphatic rings. The molecule has 100 valence electrons. The van der Waals surface area contributed by atoms with Crippen molar-refractivity contribution in [3.05, 3.63) is 41.5 Å². The maximum absolute atomic E-state index is 5.46. The standard InChI is InChI=1S/C17H21NO/c1-19-13-6-5-12-10-16-14-4-2-3-7-17(14,8-9-18-16)15(12)11-13/h2,4-6,11,14,16,18H,3,7-10H2,1H3/t14-,16+,17-/m0/s1. The Morgan fingerprint density at radius 1 is 1.32 bits per heavy atom. The number of piperidine rings is 1. The Bertz CT molecular complexity index is 536. The van der Waals surface area contributed by atoms with E-state index in [1.165, 1.54) is 24.8 Å². The van der Waals surface area contributed by atoms with E-state index in [1.807, 2.05) is 0 Å². The number of nitrogens with one attached hydrogen (secondary N) is 1. The molecule has 0 aromatic heterocycles. The molecule has 1 fully saturated rings. The SMILES string of the molecule is COc1ccc2c(c1)[C@]13CCC=C[C@H]1[C@@H](C2)NCC3. The van der Waals surface area contributed by atoms with Crippen LogP contribution in [0.1, 0.15) is 30.4 Å². The van der Waals surface area contributed by atoms with Crippen molar-refractivity contribution in [3.63, 3.8) is 0 Å². The fraction of sp³-hybridized carbons (Fsp3) is 0.529. The minimum Gasteiger partial charge on any atom is -0.497 e. The van der Waals surface area contributed by atoms with E-state index in [0.717, 1.165) is 18.7 Å². The smallest absolute Gasteiger partial charge is 0.119 e. The number of benzene rings is 1. The summed E-state index contributed by atoms with van der Waals surface area (Å²) in [7, 11) is 1.77. The van der Waals surface area contributed by atoms with E-state index in [1.54, 1.807) is 12.7 Å². The Morgan fingerprint density at radius 2 is 2.26 bits per heavy atom. The summed E-state index contributed by atoms with van der Waals surface area (Å²) in [5.41, 5.74) is 3.47. The van der Waals surface area contributed by atoms with Crippen molar-refractivity contribution in [2.45, 2.75) is 37.1 Å². The Labute approximate surface area is 114 Å². The van der Waals surface area contributed by atoms with E-state index in [0.29, 0.717) is 17.4 Å². The molecule has 2 nitrogen and oxygen atoms in total. The summed E-state index contributed by atoms with van der Waals surface area (Å²) in [5, 5.41) is 3.73. The largest absolute Gasteiger partial charge is 0.497 e. The lowest BCUT2D eigenvalue weighted by atomic mass is 9.54. The molecule has 2 bridgehead atoms. The van der Waals surface area contributed by atoms with E-state index in [9.17, 15) is 0 Å². The van der Waals surface area contributed by atoms with Gasteiger partial charge in [0.2, 0.25) is 0 Å². The van der Waals surface area contributed by atoms with Crippen LogP contribution in [-0.4, -0.2) is 19.7 Å². The van der Waals surface area contributed by atoms with E-state index < -0.39 is 0 Å². The third kappa shape index (κ3) is 1.53. The summed E-state index contributed by atoms with van der Waals surface area (Å²) < 4.78 is 5.46. The van der Waals surface area contributed by atoms with Crippen molar-refractivity contribution in [2.75, 3.05) is 13.7 Å². The van der Waals surface area contributed by atoms with Crippen molar-refractivity contribution in [1.82, 2.24) is 5.32 Å². The van der Waals surface area contributed by atoms with Gasteiger partial charge in [-0.2, -0.15) is 0 Å². The summed E-state index contributed by atoms with van der Waals surface area (Å²) in [6.07, 6.45) is 9.80. The number of methoxy groups -OCH3 is 1.